The van der Waals surface area contributed by atoms with Crippen molar-refractivity contribution in [1.29, 1.82) is 0 Å². The summed E-state index contributed by atoms with van der Waals surface area (Å²) in [4.78, 5) is 12.4. The van der Waals surface area contributed by atoms with Crippen molar-refractivity contribution in [1.82, 2.24) is 4.31 Å². The first-order valence-corrected chi connectivity index (χ1v) is 10.6. The van der Waals surface area contributed by atoms with E-state index in [1.54, 1.807) is 23.4 Å². The molecule has 0 spiro atoms. The summed E-state index contributed by atoms with van der Waals surface area (Å²) >= 11 is 0. The number of nitrogens with zero attached hydrogens (tertiary/aromatic N) is 1. The molecule has 3 rings (SSSR count). The van der Waals surface area contributed by atoms with Crippen molar-refractivity contribution < 1.29 is 13.2 Å². The van der Waals surface area contributed by atoms with Gasteiger partial charge in [-0.05, 0) is 44.4 Å². The van der Waals surface area contributed by atoms with Crippen LogP contribution in [0.4, 0.5) is 0 Å². The van der Waals surface area contributed by atoms with E-state index in [9.17, 15) is 13.2 Å². The minimum atomic E-state index is -3.55. The quantitative estimate of drug-likeness (QED) is 0.768. The van der Waals surface area contributed by atoms with E-state index in [4.69, 9.17) is 0 Å². The van der Waals surface area contributed by atoms with Crippen molar-refractivity contribution in [3.05, 3.63) is 41.5 Å². The highest BCUT2D eigenvalue weighted by molar-refractivity contribution is 7.89. The SMILES string of the molecule is CC(=O)C1CCCCCCC2C=C1CN2S(=O)(=O)c1ccc(C)cc1. The Morgan fingerprint density at radius 3 is 2.32 bits per heavy atom. The predicted molar refractivity (Wildman–Crippen MR) is 98.8 cm³/mol. The van der Waals surface area contributed by atoms with Gasteiger partial charge in [-0.1, -0.05) is 49.5 Å². The van der Waals surface area contributed by atoms with Crippen molar-refractivity contribution >= 4 is 15.8 Å². The van der Waals surface area contributed by atoms with E-state index in [1.807, 2.05) is 19.1 Å². The summed E-state index contributed by atoms with van der Waals surface area (Å²) in [6.07, 6.45) is 8.02. The Labute approximate surface area is 151 Å². The lowest BCUT2D eigenvalue weighted by atomic mass is 9.88. The summed E-state index contributed by atoms with van der Waals surface area (Å²) in [6.45, 7) is 3.93. The van der Waals surface area contributed by atoms with Gasteiger partial charge in [-0.2, -0.15) is 4.31 Å². The van der Waals surface area contributed by atoms with Crippen molar-refractivity contribution in [2.75, 3.05) is 6.54 Å². The normalized spacial score (nSPS) is 25.4. The van der Waals surface area contributed by atoms with Gasteiger partial charge in [-0.15, -0.1) is 0 Å². The summed E-state index contributed by atoms with van der Waals surface area (Å²) in [6, 6.07) is 6.90. The Morgan fingerprint density at radius 1 is 1.04 bits per heavy atom. The Balaban J connectivity index is 1.92. The van der Waals surface area contributed by atoms with Crippen LogP contribution in [0.2, 0.25) is 0 Å². The number of hydrogen-bond acceptors (Lipinski definition) is 3. The molecule has 0 radical (unpaired) electrons. The third kappa shape index (κ3) is 3.87. The molecule has 4 nitrogen and oxygen atoms in total. The number of hydrogen-bond donors (Lipinski definition) is 0. The number of rotatable bonds is 3. The van der Waals surface area contributed by atoms with Crippen molar-refractivity contribution in [2.45, 2.75) is 63.3 Å². The standard InChI is InChI=1S/C20H27NO3S/c1-15-9-11-19(12-10-15)25(23,24)21-14-17-13-18(21)7-5-3-4-6-8-20(17)16(2)22/h9-13,18,20H,3-8,14H2,1-2H3. The van der Waals surface area contributed by atoms with Gasteiger partial charge >= 0.3 is 0 Å². The molecule has 0 amide bonds. The van der Waals surface area contributed by atoms with Gasteiger partial charge in [-0.3, -0.25) is 4.79 Å². The van der Waals surface area contributed by atoms with Gasteiger partial charge in [0.1, 0.15) is 5.78 Å². The molecule has 1 heterocycles. The van der Waals surface area contributed by atoms with Gasteiger partial charge in [0.15, 0.2) is 0 Å². The van der Waals surface area contributed by atoms with Crippen LogP contribution in [0.3, 0.4) is 0 Å². The highest BCUT2D eigenvalue weighted by Crippen LogP contribution is 2.34. The topological polar surface area (TPSA) is 54.5 Å². The van der Waals surface area contributed by atoms with Crippen LogP contribution in [0.5, 0.6) is 0 Å². The summed E-state index contributed by atoms with van der Waals surface area (Å²) in [5.41, 5.74) is 2.04. The molecule has 2 aliphatic rings. The number of aryl methyl sites for hydroxylation is 1. The monoisotopic (exact) mass is 361 g/mol. The van der Waals surface area contributed by atoms with Crippen LogP contribution >= 0.6 is 0 Å². The molecular weight excluding hydrogens is 334 g/mol. The van der Waals surface area contributed by atoms with E-state index in [1.165, 1.54) is 0 Å². The van der Waals surface area contributed by atoms with Crippen molar-refractivity contribution in [3.63, 3.8) is 0 Å². The highest BCUT2D eigenvalue weighted by Gasteiger charge is 2.38. The number of sulfonamides is 1. The van der Waals surface area contributed by atoms with Crippen LogP contribution in [0, 0.1) is 12.8 Å². The second kappa shape index (κ2) is 7.42. The molecule has 2 atom stereocenters. The molecule has 1 aliphatic carbocycles. The number of carbonyl (C=O) groups is 1. The first-order chi connectivity index (χ1) is 11.9. The molecule has 25 heavy (non-hydrogen) atoms. The zero-order valence-electron chi connectivity index (χ0n) is 15.1. The molecule has 1 aromatic rings. The third-order valence-corrected chi connectivity index (χ3v) is 7.31. The molecule has 2 unspecified atom stereocenters. The van der Waals surface area contributed by atoms with Gasteiger partial charge < -0.3 is 0 Å². The minimum Gasteiger partial charge on any atom is -0.299 e. The maximum absolute atomic E-state index is 13.2. The zero-order valence-corrected chi connectivity index (χ0v) is 15.9. The maximum Gasteiger partial charge on any atom is 0.243 e. The second-order valence-corrected chi connectivity index (χ2v) is 9.22. The van der Waals surface area contributed by atoms with Crippen LogP contribution in [0.25, 0.3) is 0 Å². The van der Waals surface area contributed by atoms with Crippen molar-refractivity contribution in [3.8, 4) is 0 Å². The molecule has 0 aromatic heterocycles. The molecule has 0 N–H and O–H groups in total. The van der Waals surface area contributed by atoms with Crippen molar-refractivity contribution in [2.24, 2.45) is 5.92 Å². The third-order valence-electron chi connectivity index (χ3n) is 5.42. The van der Waals surface area contributed by atoms with Crippen LogP contribution in [0.15, 0.2) is 40.8 Å². The molecule has 136 valence electrons. The maximum atomic E-state index is 13.2. The van der Waals surface area contributed by atoms with E-state index in [0.29, 0.717) is 11.4 Å². The molecule has 0 fully saturated rings. The summed E-state index contributed by atoms with van der Waals surface area (Å²) in [5.74, 6) is 0.0268. The number of Topliss-reactive ketones (excluding diaryl/α,β-unsaturated/α-hetero) is 1. The molecular formula is C20H27NO3S. The highest BCUT2D eigenvalue weighted by atomic mass is 32.2. The van der Waals surface area contributed by atoms with E-state index >= 15 is 0 Å². The number of ketones is 1. The Hall–Kier alpha value is -1.46. The molecule has 2 bridgehead atoms. The van der Waals surface area contributed by atoms with Gasteiger partial charge in [0.2, 0.25) is 10.0 Å². The molecule has 1 aromatic carbocycles. The molecule has 1 aliphatic heterocycles. The van der Waals surface area contributed by atoms with E-state index in [0.717, 1.165) is 49.7 Å². The van der Waals surface area contributed by atoms with Gasteiger partial charge in [0.05, 0.1) is 4.90 Å². The van der Waals surface area contributed by atoms with Gasteiger partial charge in [-0.25, -0.2) is 8.42 Å². The molecule has 0 saturated carbocycles. The number of benzene rings is 1. The summed E-state index contributed by atoms with van der Waals surface area (Å²) < 4.78 is 27.9. The van der Waals surface area contributed by atoms with Crippen LogP contribution in [-0.2, 0) is 14.8 Å². The first kappa shape index (κ1) is 18.3. The van der Waals surface area contributed by atoms with E-state index in [-0.39, 0.29) is 17.7 Å². The fourth-order valence-corrected chi connectivity index (χ4v) is 5.54. The predicted octanol–water partition coefficient (Wildman–Crippen LogP) is 3.85. The molecule has 0 saturated heterocycles. The summed E-state index contributed by atoms with van der Waals surface area (Å²) in [7, 11) is -3.55. The van der Waals surface area contributed by atoms with Gasteiger partial charge in [0, 0.05) is 18.5 Å². The Morgan fingerprint density at radius 2 is 1.68 bits per heavy atom. The second-order valence-electron chi connectivity index (χ2n) is 7.33. The smallest absolute Gasteiger partial charge is 0.243 e. The Kier molecular flexibility index (Phi) is 5.44. The average Bonchev–Trinajstić information content (AvgIpc) is 2.97. The molecule has 5 heteroatoms. The average molecular weight is 362 g/mol. The largest absolute Gasteiger partial charge is 0.299 e. The summed E-state index contributed by atoms with van der Waals surface area (Å²) in [5, 5.41) is 0. The van der Waals surface area contributed by atoms with E-state index < -0.39 is 10.0 Å². The lowest BCUT2D eigenvalue weighted by Gasteiger charge is -2.24. The van der Waals surface area contributed by atoms with E-state index in [2.05, 4.69) is 6.08 Å². The zero-order chi connectivity index (χ0) is 18.0. The minimum absolute atomic E-state index is 0.124. The number of carbonyl (C=O) groups excluding carboxylic acids is 1. The Bertz CT molecular complexity index is 765. The lowest BCUT2D eigenvalue weighted by molar-refractivity contribution is -0.119. The number of fused-ring (bicyclic) bond motifs is 1. The lowest BCUT2D eigenvalue weighted by Crippen LogP contribution is -2.36. The van der Waals surface area contributed by atoms with Gasteiger partial charge in [0.25, 0.3) is 0 Å². The first-order valence-electron chi connectivity index (χ1n) is 9.19. The van der Waals surface area contributed by atoms with Crippen LogP contribution in [-0.4, -0.2) is 31.1 Å². The fourth-order valence-electron chi connectivity index (χ4n) is 3.95. The van der Waals surface area contributed by atoms with Crippen LogP contribution < -0.4 is 0 Å². The fraction of sp³-hybridized carbons (Fsp3) is 0.550. The van der Waals surface area contributed by atoms with Crippen LogP contribution in [0.1, 0.15) is 51.0 Å².